The summed E-state index contributed by atoms with van der Waals surface area (Å²) in [7, 11) is 0. The number of fused-ring (bicyclic) bond motifs is 5. The first kappa shape index (κ1) is 17.5. The van der Waals surface area contributed by atoms with Gasteiger partial charge in [0, 0.05) is 6.07 Å². The van der Waals surface area contributed by atoms with E-state index in [-0.39, 0.29) is 41.2 Å². The zero-order valence-electron chi connectivity index (χ0n) is 15.5. The molecule has 8 nitrogen and oxygen atoms in total. The molecule has 5 rings (SSSR count). The minimum Gasteiger partial charge on any atom is -0.455 e. The first-order valence-electron chi connectivity index (χ1n) is 9.39. The summed E-state index contributed by atoms with van der Waals surface area (Å²) in [5.74, 6) is -0.292. The Bertz CT molecular complexity index is 1090. The molecule has 2 fully saturated rings. The van der Waals surface area contributed by atoms with Crippen molar-refractivity contribution < 1.29 is 18.9 Å². The van der Waals surface area contributed by atoms with Crippen molar-refractivity contribution in [1.29, 1.82) is 0 Å². The highest BCUT2D eigenvalue weighted by Gasteiger charge is 2.59. The molecule has 1 saturated heterocycles. The standard InChI is InChI=1S/C21H17N3O5/c1-11-2-6-15(16(8-11)24(27)28)17-7-5-14(29-17)10-22-23-20(25)18-12-3-4-13(9-12)19(18)21(23)26/h2-8,10,12-13,18-19H,9H2,1H3/b22-10-/t12-,13-,18-,19+/m0/s1. The summed E-state index contributed by atoms with van der Waals surface area (Å²) in [6.45, 7) is 1.78. The van der Waals surface area contributed by atoms with Crippen LogP contribution >= 0.6 is 0 Å². The van der Waals surface area contributed by atoms with E-state index in [0.717, 1.165) is 17.0 Å². The number of nitrogens with zero attached hydrogens (tertiary/aromatic N) is 3. The van der Waals surface area contributed by atoms with Gasteiger partial charge in [-0.15, -0.1) is 0 Å². The van der Waals surface area contributed by atoms with E-state index in [4.69, 9.17) is 4.42 Å². The van der Waals surface area contributed by atoms with Crippen LogP contribution in [0.4, 0.5) is 5.69 Å². The van der Waals surface area contributed by atoms with Crippen molar-refractivity contribution >= 4 is 23.7 Å². The van der Waals surface area contributed by atoms with Crippen molar-refractivity contribution in [3.63, 3.8) is 0 Å². The Morgan fingerprint density at radius 1 is 1.14 bits per heavy atom. The molecule has 2 amide bonds. The van der Waals surface area contributed by atoms with Crippen molar-refractivity contribution in [2.75, 3.05) is 0 Å². The number of hydrogen-bond acceptors (Lipinski definition) is 6. The number of furan rings is 1. The van der Waals surface area contributed by atoms with Gasteiger partial charge in [0.25, 0.3) is 17.5 Å². The summed E-state index contributed by atoms with van der Waals surface area (Å²) in [6.07, 6.45) is 6.21. The van der Waals surface area contributed by atoms with Crippen LogP contribution in [-0.2, 0) is 9.59 Å². The van der Waals surface area contributed by atoms with Crippen LogP contribution in [-0.4, -0.2) is 28.0 Å². The summed E-state index contributed by atoms with van der Waals surface area (Å²) >= 11 is 0. The van der Waals surface area contributed by atoms with E-state index in [2.05, 4.69) is 5.10 Å². The highest BCUT2D eigenvalue weighted by Crippen LogP contribution is 2.52. The molecule has 2 aliphatic carbocycles. The zero-order chi connectivity index (χ0) is 20.3. The summed E-state index contributed by atoms with van der Waals surface area (Å²) in [6, 6.07) is 8.07. The van der Waals surface area contributed by atoms with Gasteiger partial charge in [-0.3, -0.25) is 19.7 Å². The third-order valence-corrected chi connectivity index (χ3v) is 5.99. The number of benzene rings is 1. The highest BCUT2D eigenvalue weighted by molar-refractivity contribution is 6.06. The Balaban J connectivity index is 1.39. The maximum Gasteiger partial charge on any atom is 0.280 e. The Morgan fingerprint density at radius 3 is 2.48 bits per heavy atom. The van der Waals surface area contributed by atoms with Gasteiger partial charge in [-0.25, -0.2) is 0 Å². The predicted molar refractivity (Wildman–Crippen MR) is 103 cm³/mol. The first-order valence-corrected chi connectivity index (χ1v) is 9.39. The fraction of sp³-hybridized carbons (Fsp3) is 0.286. The number of aryl methyl sites for hydroxylation is 1. The van der Waals surface area contributed by atoms with Crippen LogP contribution in [0.1, 0.15) is 17.7 Å². The largest absolute Gasteiger partial charge is 0.455 e. The molecular weight excluding hydrogens is 374 g/mol. The number of nitro groups is 1. The van der Waals surface area contributed by atoms with Gasteiger partial charge in [-0.2, -0.15) is 10.1 Å². The van der Waals surface area contributed by atoms with Gasteiger partial charge < -0.3 is 4.42 Å². The van der Waals surface area contributed by atoms with Crippen molar-refractivity contribution in [2.45, 2.75) is 13.3 Å². The molecule has 1 aromatic heterocycles. The second-order valence-electron chi connectivity index (χ2n) is 7.71. The number of hydrogen-bond donors (Lipinski definition) is 0. The normalized spacial score (nSPS) is 27.4. The second kappa shape index (κ2) is 6.23. The molecular formula is C21H17N3O5. The lowest BCUT2D eigenvalue weighted by Gasteiger charge is -2.13. The molecule has 2 aromatic rings. The topological polar surface area (TPSA) is 106 Å². The van der Waals surface area contributed by atoms with E-state index in [9.17, 15) is 19.7 Å². The van der Waals surface area contributed by atoms with Crippen molar-refractivity contribution in [3.05, 3.63) is 63.9 Å². The minimum absolute atomic E-state index is 0.0523. The highest BCUT2D eigenvalue weighted by atomic mass is 16.6. The lowest BCUT2D eigenvalue weighted by molar-refractivity contribution is -0.384. The molecule has 0 spiro atoms. The van der Waals surface area contributed by atoms with E-state index < -0.39 is 4.92 Å². The molecule has 1 aromatic carbocycles. The van der Waals surface area contributed by atoms with Crippen LogP contribution in [0.3, 0.4) is 0 Å². The molecule has 0 unspecified atom stereocenters. The number of amides is 2. The molecule has 0 N–H and O–H groups in total. The number of carbonyl (C=O) groups is 2. The molecule has 146 valence electrons. The predicted octanol–water partition coefficient (Wildman–Crippen LogP) is 3.30. The van der Waals surface area contributed by atoms with E-state index >= 15 is 0 Å². The average molecular weight is 391 g/mol. The van der Waals surface area contributed by atoms with Crippen molar-refractivity contribution in [2.24, 2.45) is 28.8 Å². The fourth-order valence-electron chi connectivity index (χ4n) is 4.68. The number of imide groups is 1. The zero-order valence-corrected chi connectivity index (χ0v) is 15.5. The van der Waals surface area contributed by atoms with Crippen molar-refractivity contribution in [3.8, 4) is 11.3 Å². The van der Waals surface area contributed by atoms with Gasteiger partial charge in [-0.1, -0.05) is 18.2 Å². The molecule has 8 heteroatoms. The number of allylic oxidation sites excluding steroid dienone is 2. The van der Waals surface area contributed by atoms with Crippen LogP contribution in [0.15, 0.2) is 52.0 Å². The monoisotopic (exact) mass is 391 g/mol. The van der Waals surface area contributed by atoms with Crippen LogP contribution in [0.25, 0.3) is 11.3 Å². The molecule has 0 radical (unpaired) electrons. The summed E-state index contributed by atoms with van der Waals surface area (Å²) in [5, 5.41) is 16.3. The van der Waals surface area contributed by atoms with Gasteiger partial charge in [0.05, 0.1) is 28.5 Å². The maximum absolute atomic E-state index is 12.6. The lowest BCUT2D eigenvalue weighted by Crippen LogP contribution is -2.28. The van der Waals surface area contributed by atoms with Gasteiger partial charge >= 0.3 is 0 Å². The molecule has 3 aliphatic rings. The van der Waals surface area contributed by atoms with E-state index in [1.165, 1.54) is 12.3 Å². The third kappa shape index (κ3) is 2.63. The first-order chi connectivity index (χ1) is 13.9. The van der Waals surface area contributed by atoms with Crippen LogP contribution in [0.5, 0.6) is 0 Å². The number of hydrazone groups is 1. The molecule has 1 saturated carbocycles. The molecule has 2 bridgehead atoms. The SMILES string of the molecule is Cc1ccc(-c2ccc(/C=N\N3C(=O)[C@@H]4[C@H](C3=O)[C@H]3C=C[C@H]4C3)o2)c([N+](=O)[O-])c1. The van der Waals surface area contributed by atoms with E-state index in [1.807, 2.05) is 12.2 Å². The van der Waals surface area contributed by atoms with Crippen LogP contribution in [0.2, 0.25) is 0 Å². The average Bonchev–Trinajstić information content (AvgIpc) is 3.46. The molecule has 29 heavy (non-hydrogen) atoms. The maximum atomic E-state index is 12.6. The van der Waals surface area contributed by atoms with Gasteiger partial charge in [0.1, 0.15) is 11.5 Å². The molecule has 1 aliphatic heterocycles. The molecule has 4 atom stereocenters. The summed E-state index contributed by atoms with van der Waals surface area (Å²) in [4.78, 5) is 36.2. The van der Waals surface area contributed by atoms with Crippen LogP contribution in [0, 0.1) is 40.7 Å². The number of carbonyl (C=O) groups excluding carboxylic acids is 2. The van der Waals surface area contributed by atoms with Gasteiger partial charge in [0.2, 0.25) is 0 Å². The quantitative estimate of drug-likeness (QED) is 0.261. The Kier molecular flexibility index (Phi) is 3.77. The van der Waals surface area contributed by atoms with E-state index in [1.54, 1.807) is 31.2 Å². The van der Waals surface area contributed by atoms with E-state index in [0.29, 0.717) is 17.1 Å². The fourth-order valence-corrected chi connectivity index (χ4v) is 4.68. The summed E-state index contributed by atoms with van der Waals surface area (Å²) in [5.41, 5.74) is 1.07. The minimum atomic E-state index is -0.457. The van der Waals surface area contributed by atoms with Gasteiger partial charge in [0.15, 0.2) is 0 Å². The number of rotatable bonds is 4. The lowest BCUT2D eigenvalue weighted by atomic mass is 9.85. The van der Waals surface area contributed by atoms with Crippen LogP contribution < -0.4 is 0 Å². The second-order valence-corrected chi connectivity index (χ2v) is 7.71. The number of nitro benzene ring substituents is 1. The Labute approximate surface area is 165 Å². The smallest absolute Gasteiger partial charge is 0.280 e. The molecule has 2 heterocycles. The van der Waals surface area contributed by atoms with Gasteiger partial charge in [-0.05, 0) is 48.9 Å². The Morgan fingerprint density at radius 2 is 1.83 bits per heavy atom. The third-order valence-electron chi connectivity index (χ3n) is 5.99. The Hall–Kier alpha value is -3.55. The summed E-state index contributed by atoms with van der Waals surface area (Å²) < 4.78 is 5.66. The van der Waals surface area contributed by atoms with Crippen molar-refractivity contribution in [1.82, 2.24) is 5.01 Å².